The van der Waals surface area contributed by atoms with Crippen LogP contribution in [0, 0.1) is 20.8 Å². The summed E-state index contributed by atoms with van der Waals surface area (Å²) >= 11 is 1.64. The number of thiophene rings is 1. The van der Waals surface area contributed by atoms with E-state index in [1.54, 1.807) is 17.4 Å². The van der Waals surface area contributed by atoms with Crippen LogP contribution in [0.3, 0.4) is 0 Å². The van der Waals surface area contributed by atoms with Gasteiger partial charge in [0, 0.05) is 26.8 Å². The topological polar surface area (TPSA) is 37.4 Å². The summed E-state index contributed by atoms with van der Waals surface area (Å²) in [5.74, 6) is -0.404. The quantitative estimate of drug-likeness (QED) is 0.139. The van der Waals surface area contributed by atoms with Crippen molar-refractivity contribution in [2.75, 3.05) is 4.90 Å². The first-order chi connectivity index (χ1) is 24.1. The highest BCUT2D eigenvalue weighted by Gasteiger charge is 2.40. The Balaban J connectivity index is 1.25. The standard InChI is InChI=1S/C46H35NO2S/c1-26-21-27(2)41(28(3)22-26)31-18-20-40-37(23-31)46(4,5)38-25-32(50-45(38)47(40)39-16-10-13-29-11-6-8-14-33(29)39)24-36-43(48)35-19-17-30-12-7-9-15-34(30)42(35)44(36)49/h6-25H,1-5H3/b36-24+. The van der Waals surface area contributed by atoms with Gasteiger partial charge in [-0.25, -0.2) is 0 Å². The first-order valence-electron chi connectivity index (χ1n) is 17.1. The van der Waals surface area contributed by atoms with E-state index in [9.17, 15) is 9.59 Å². The predicted octanol–water partition coefficient (Wildman–Crippen LogP) is 12.2. The minimum absolute atomic E-state index is 0.199. The van der Waals surface area contributed by atoms with E-state index < -0.39 is 0 Å². The molecule has 1 aliphatic heterocycles. The van der Waals surface area contributed by atoms with Crippen molar-refractivity contribution in [3.05, 3.63) is 165 Å². The Morgan fingerprint density at radius 2 is 1.30 bits per heavy atom. The summed E-state index contributed by atoms with van der Waals surface area (Å²) < 4.78 is 0. The molecule has 0 saturated carbocycles. The molecule has 4 heteroatoms. The number of aryl methyl sites for hydroxylation is 3. The molecule has 50 heavy (non-hydrogen) atoms. The molecule has 2 aliphatic rings. The van der Waals surface area contributed by atoms with Gasteiger partial charge in [0.1, 0.15) is 5.00 Å². The number of hydrogen-bond donors (Lipinski definition) is 0. The number of carbonyl (C=O) groups excluding carboxylic acids is 2. The summed E-state index contributed by atoms with van der Waals surface area (Å²) in [7, 11) is 0. The molecule has 0 N–H and O–H groups in total. The predicted molar refractivity (Wildman–Crippen MR) is 209 cm³/mol. The van der Waals surface area contributed by atoms with Crippen molar-refractivity contribution >= 4 is 66.9 Å². The van der Waals surface area contributed by atoms with Crippen LogP contribution in [0.25, 0.3) is 38.7 Å². The second-order valence-electron chi connectivity index (χ2n) is 14.3. The third-order valence-electron chi connectivity index (χ3n) is 10.7. The van der Waals surface area contributed by atoms with Gasteiger partial charge in [0.25, 0.3) is 0 Å². The third kappa shape index (κ3) is 4.41. The van der Waals surface area contributed by atoms with E-state index in [4.69, 9.17) is 0 Å². The zero-order valence-electron chi connectivity index (χ0n) is 28.7. The van der Waals surface area contributed by atoms with E-state index in [2.05, 4.69) is 118 Å². The van der Waals surface area contributed by atoms with E-state index in [1.807, 2.05) is 36.4 Å². The van der Waals surface area contributed by atoms with Crippen molar-refractivity contribution < 1.29 is 9.59 Å². The van der Waals surface area contributed by atoms with Gasteiger partial charge in [0.15, 0.2) is 11.6 Å². The first-order valence-corrected chi connectivity index (χ1v) is 17.9. The molecule has 0 unspecified atom stereocenters. The second kappa shape index (κ2) is 11.0. The van der Waals surface area contributed by atoms with Crippen molar-refractivity contribution in [1.82, 2.24) is 0 Å². The Morgan fingerprint density at radius 1 is 0.620 bits per heavy atom. The Morgan fingerprint density at radius 3 is 2.06 bits per heavy atom. The normalized spacial score (nSPS) is 15.5. The van der Waals surface area contributed by atoms with Gasteiger partial charge < -0.3 is 4.90 Å². The van der Waals surface area contributed by atoms with Crippen LogP contribution in [-0.4, -0.2) is 11.6 Å². The van der Waals surface area contributed by atoms with E-state index in [0.29, 0.717) is 11.1 Å². The number of hydrogen-bond acceptors (Lipinski definition) is 4. The monoisotopic (exact) mass is 665 g/mol. The van der Waals surface area contributed by atoms with Gasteiger partial charge in [0.2, 0.25) is 0 Å². The maximum absolute atomic E-state index is 14.0. The molecule has 0 amide bonds. The molecule has 9 rings (SSSR count). The molecule has 0 radical (unpaired) electrons. The fourth-order valence-electron chi connectivity index (χ4n) is 8.37. The summed E-state index contributed by atoms with van der Waals surface area (Å²) in [4.78, 5) is 31.0. The Kier molecular flexibility index (Phi) is 6.68. The zero-order chi connectivity index (χ0) is 34.5. The molecule has 1 aliphatic carbocycles. The van der Waals surface area contributed by atoms with E-state index in [-0.39, 0.29) is 22.6 Å². The van der Waals surface area contributed by atoms with Crippen LogP contribution in [0.5, 0.6) is 0 Å². The van der Waals surface area contributed by atoms with Gasteiger partial charge in [0.05, 0.1) is 16.9 Å². The van der Waals surface area contributed by atoms with Crippen LogP contribution in [0.4, 0.5) is 16.4 Å². The highest BCUT2D eigenvalue weighted by atomic mass is 32.1. The number of anilines is 3. The maximum Gasteiger partial charge on any atom is 0.198 e. The zero-order valence-corrected chi connectivity index (χ0v) is 29.5. The molecule has 0 saturated heterocycles. The number of ketones is 2. The largest absolute Gasteiger partial charge is 0.301 e. The van der Waals surface area contributed by atoms with Gasteiger partial charge in [-0.2, -0.15) is 0 Å². The summed E-state index contributed by atoms with van der Waals surface area (Å²) in [5, 5.41) is 5.22. The average molecular weight is 666 g/mol. The highest BCUT2D eigenvalue weighted by molar-refractivity contribution is 7.17. The van der Waals surface area contributed by atoms with Crippen LogP contribution < -0.4 is 4.90 Å². The summed E-state index contributed by atoms with van der Waals surface area (Å²) in [6, 6.07) is 40.2. The van der Waals surface area contributed by atoms with Crippen molar-refractivity contribution in [2.24, 2.45) is 0 Å². The lowest BCUT2D eigenvalue weighted by molar-refractivity contribution is 0.0991. The molecule has 242 valence electrons. The highest BCUT2D eigenvalue weighted by Crippen LogP contribution is 2.57. The van der Waals surface area contributed by atoms with E-state index in [0.717, 1.165) is 37.4 Å². The van der Waals surface area contributed by atoms with Gasteiger partial charge in [-0.1, -0.05) is 104 Å². The number of nitrogens with zero attached hydrogens (tertiary/aromatic N) is 1. The molecule has 7 aromatic rings. The van der Waals surface area contributed by atoms with Crippen molar-refractivity contribution in [2.45, 2.75) is 40.0 Å². The SMILES string of the molecule is Cc1cc(C)c(-c2ccc3c(c2)C(C)(C)c2cc(/C=C4\C(=O)c5ccc6ccccc6c5C4=O)sc2N3c2cccc3ccccc23)c(C)c1. The van der Waals surface area contributed by atoms with Crippen LogP contribution in [0.15, 0.2) is 121 Å². The smallest absolute Gasteiger partial charge is 0.198 e. The molecule has 0 spiro atoms. The van der Waals surface area contributed by atoms with Crippen molar-refractivity contribution in [3.8, 4) is 11.1 Å². The van der Waals surface area contributed by atoms with E-state index in [1.165, 1.54) is 44.3 Å². The molecule has 3 nitrogen and oxygen atoms in total. The molecule has 0 fully saturated rings. The van der Waals surface area contributed by atoms with Gasteiger partial charge in [-0.05, 0) is 107 Å². The van der Waals surface area contributed by atoms with Crippen LogP contribution >= 0.6 is 11.3 Å². The second-order valence-corrected chi connectivity index (χ2v) is 15.3. The number of fused-ring (bicyclic) bond motifs is 6. The molecule has 0 bridgehead atoms. The third-order valence-corrected chi connectivity index (χ3v) is 11.7. The van der Waals surface area contributed by atoms with Gasteiger partial charge in [-0.3, -0.25) is 9.59 Å². The Labute approximate surface area is 296 Å². The minimum atomic E-state index is -0.357. The number of benzene rings is 6. The fraction of sp³-hybridized carbons (Fsp3) is 0.130. The Hall–Kier alpha value is -5.58. The van der Waals surface area contributed by atoms with Crippen LogP contribution in [0.1, 0.15) is 67.3 Å². The summed E-state index contributed by atoms with van der Waals surface area (Å²) in [5.41, 5.74) is 11.8. The molecule has 0 atom stereocenters. The molecule has 2 heterocycles. The van der Waals surface area contributed by atoms with Crippen molar-refractivity contribution in [3.63, 3.8) is 0 Å². The summed E-state index contributed by atoms with van der Waals surface area (Å²) in [6.07, 6.45) is 1.83. The molecule has 1 aromatic heterocycles. The first kappa shape index (κ1) is 30.5. The number of allylic oxidation sites excluding steroid dienone is 1. The number of rotatable bonds is 3. The van der Waals surface area contributed by atoms with Crippen LogP contribution in [-0.2, 0) is 5.41 Å². The fourth-order valence-corrected chi connectivity index (χ4v) is 9.65. The lowest BCUT2D eigenvalue weighted by atomic mass is 9.74. The van der Waals surface area contributed by atoms with Crippen LogP contribution in [0.2, 0.25) is 0 Å². The lowest BCUT2D eigenvalue weighted by Gasteiger charge is -2.40. The molecular weight excluding hydrogens is 631 g/mol. The van der Waals surface area contributed by atoms with Gasteiger partial charge >= 0.3 is 0 Å². The maximum atomic E-state index is 14.0. The number of Topliss-reactive ketones (excluding diaryl/α,β-unsaturated/α-hetero) is 2. The minimum Gasteiger partial charge on any atom is -0.301 e. The molecule has 6 aromatic carbocycles. The van der Waals surface area contributed by atoms with Gasteiger partial charge in [-0.15, -0.1) is 11.3 Å². The molecular formula is C46H35NO2S. The van der Waals surface area contributed by atoms with E-state index >= 15 is 0 Å². The van der Waals surface area contributed by atoms with Crippen molar-refractivity contribution in [1.29, 1.82) is 0 Å². The average Bonchev–Trinajstić information content (AvgIpc) is 3.64. The number of carbonyl (C=O) groups is 2. The Bertz CT molecular complexity index is 2630. The summed E-state index contributed by atoms with van der Waals surface area (Å²) in [6.45, 7) is 11.1. The lowest BCUT2D eigenvalue weighted by Crippen LogP contribution is -2.29.